The monoisotopic (exact) mass is 235 g/mol. The van der Waals surface area contributed by atoms with E-state index < -0.39 is 0 Å². The van der Waals surface area contributed by atoms with Gasteiger partial charge in [0.15, 0.2) is 0 Å². The topological polar surface area (TPSA) is 71.9 Å². The Hall–Kier alpha value is -2.06. The number of aromatic nitrogens is 2. The number of rotatable bonds is 2. The van der Waals surface area contributed by atoms with Crippen molar-refractivity contribution >= 4 is 11.6 Å². The summed E-state index contributed by atoms with van der Waals surface area (Å²) in [6.07, 6.45) is 0. The van der Waals surface area contributed by atoms with Crippen molar-refractivity contribution in [3.05, 3.63) is 29.1 Å². The van der Waals surface area contributed by atoms with Crippen molar-refractivity contribution in [2.45, 2.75) is 0 Å². The summed E-state index contributed by atoms with van der Waals surface area (Å²) in [6, 6.07) is 6.96. The minimum Gasteiger partial charge on any atom is -0.497 e. The highest BCUT2D eigenvalue weighted by Gasteiger charge is 2.09. The van der Waals surface area contributed by atoms with Gasteiger partial charge in [-0.25, -0.2) is 0 Å². The number of nitrogens with zero attached hydrogens (tertiary/aromatic N) is 3. The largest absolute Gasteiger partial charge is 0.497 e. The molecule has 5 nitrogen and oxygen atoms in total. The molecule has 6 heteroatoms. The van der Waals surface area contributed by atoms with E-state index in [1.54, 1.807) is 18.2 Å². The number of hydrogen-bond donors (Lipinski definition) is 0. The average Bonchev–Trinajstić information content (AvgIpc) is 2.75. The van der Waals surface area contributed by atoms with Gasteiger partial charge < -0.3 is 9.26 Å². The number of halogens is 1. The number of nitriles is 1. The molecule has 0 N–H and O–H groups in total. The van der Waals surface area contributed by atoms with E-state index in [1.807, 2.05) is 6.07 Å². The van der Waals surface area contributed by atoms with Gasteiger partial charge >= 0.3 is 5.35 Å². The summed E-state index contributed by atoms with van der Waals surface area (Å²) >= 11 is 5.52. The molecule has 80 valence electrons. The second-order valence-electron chi connectivity index (χ2n) is 2.93. The van der Waals surface area contributed by atoms with Gasteiger partial charge in [-0.05, 0) is 29.8 Å². The Kier molecular flexibility index (Phi) is 2.75. The van der Waals surface area contributed by atoms with Crippen molar-refractivity contribution in [1.82, 2.24) is 10.1 Å². The van der Waals surface area contributed by atoms with E-state index in [1.165, 1.54) is 7.11 Å². The third-order valence-electron chi connectivity index (χ3n) is 1.93. The van der Waals surface area contributed by atoms with Crippen LogP contribution in [0.15, 0.2) is 22.7 Å². The molecule has 2 aromatic rings. The van der Waals surface area contributed by atoms with Crippen LogP contribution in [0.5, 0.6) is 5.75 Å². The van der Waals surface area contributed by atoms with Gasteiger partial charge in [0, 0.05) is 5.56 Å². The molecule has 16 heavy (non-hydrogen) atoms. The zero-order chi connectivity index (χ0) is 11.5. The summed E-state index contributed by atoms with van der Waals surface area (Å²) < 4.78 is 9.70. The highest BCUT2D eigenvalue weighted by Crippen LogP contribution is 2.24. The third kappa shape index (κ3) is 1.97. The van der Waals surface area contributed by atoms with E-state index in [0.717, 1.165) is 0 Å². The van der Waals surface area contributed by atoms with E-state index in [4.69, 9.17) is 21.6 Å². The first-order valence-corrected chi connectivity index (χ1v) is 4.69. The van der Waals surface area contributed by atoms with Crippen molar-refractivity contribution < 1.29 is 9.26 Å². The van der Waals surface area contributed by atoms with Crippen LogP contribution < -0.4 is 4.74 Å². The minimum absolute atomic E-state index is 0.0451. The number of benzene rings is 1. The highest BCUT2D eigenvalue weighted by atomic mass is 35.5. The predicted octanol–water partition coefficient (Wildman–Crippen LogP) is 2.27. The SMILES string of the molecule is COc1cc(C#N)cc(-c2noc(Cl)n2)c1. The fourth-order valence-corrected chi connectivity index (χ4v) is 1.35. The molecular formula is C10H6ClN3O2. The summed E-state index contributed by atoms with van der Waals surface area (Å²) in [5, 5.41) is 12.4. The fraction of sp³-hybridized carbons (Fsp3) is 0.100. The van der Waals surface area contributed by atoms with Crippen LogP contribution in [0.1, 0.15) is 5.56 Å². The Morgan fingerprint density at radius 1 is 1.44 bits per heavy atom. The standard InChI is InChI=1S/C10H6ClN3O2/c1-15-8-3-6(5-12)2-7(4-8)9-13-10(11)16-14-9/h2-4H,1H3. The Bertz CT molecular complexity index is 559. The molecule has 0 saturated carbocycles. The van der Waals surface area contributed by atoms with E-state index >= 15 is 0 Å². The Labute approximate surface area is 96.2 Å². The van der Waals surface area contributed by atoms with Crippen molar-refractivity contribution in [3.8, 4) is 23.2 Å². The first-order valence-electron chi connectivity index (χ1n) is 4.31. The molecule has 0 bridgehead atoms. The minimum atomic E-state index is -0.0451. The van der Waals surface area contributed by atoms with E-state index in [9.17, 15) is 0 Å². The zero-order valence-corrected chi connectivity index (χ0v) is 9.02. The predicted molar refractivity (Wildman–Crippen MR) is 56.0 cm³/mol. The summed E-state index contributed by atoms with van der Waals surface area (Å²) in [6.45, 7) is 0. The lowest BCUT2D eigenvalue weighted by Gasteiger charge is -2.01. The Balaban J connectivity index is 2.52. The number of hydrogen-bond acceptors (Lipinski definition) is 5. The molecule has 0 radical (unpaired) electrons. The van der Waals surface area contributed by atoms with Crippen LogP contribution >= 0.6 is 11.6 Å². The third-order valence-corrected chi connectivity index (χ3v) is 2.08. The van der Waals surface area contributed by atoms with Crippen LogP contribution in [-0.2, 0) is 0 Å². The van der Waals surface area contributed by atoms with Gasteiger partial charge in [0.1, 0.15) is 5.75 Å². The zero-order valence-electron chi connectivity index (χ0n) is 8.27. The van der Waals surface area contributed by atoms with Crippen LogP contribution in [0.4, 0.5) is 0 Å². The molecule has 0 atom stereocenters. The molecule has 0 saturated heterocycles. The molecule has 1 heterocycles. The molecule has 1 aromatic carbocycles. The molecule has 0 amide bonds. The molecule has 2 rings (SSSR count). The molecule has 0 unspecified atom stereocenters. The Morgan fingerprint density at radius 2 is 2.25 bits per heavy atom. The molecule has 0 spiro atoms. The summed E-state index contributed by atoms with van der Waals surface area (Å²) in [5.74, 6) is 0.871. The highest BCUT2D eigenvalue weighted by molar-refractivity contribution is 6.27. The van der Waals surface area contributed by atoms with Gasteiger partial charge in [0.2, 0.25) is 5.82 Å². The maximum absolute atomic E-state index is 8.84. The molecular weight excluding hydrogens is 230 g/mol. The number of methoxy groups -OCH3 is 1. The van der Waals surface area contributed by atoms with Crippen LogP contribution in [0.2, 0.25) is 5.35 Å². The maximum atomic E-state index is 8.84. The summed E-state index contributed by atoms with van der Waals surface area (Å²) in [4.78, 5) is 3.85. The summed E-state index contributed by atoms with van der Waals surface area (Å²) in [7, 11) is 1.52. The lowest BCUT2D eigenvalue weighted by atomic mass is 10.1. The summed E-state index contributed by atoms with van der Waals surface area (Å²) in [5.41, 5.74) is 1.07. The van der Waals surface area contributed by atoms with Crippen LogP contribution in [0, 0.1) is 11.3 Å². The molecule has 1 aromatic heterocycles. The fourth-order valence-electron chi connectivity index (χ4n) is 1.23. The lowest BCUT2D eigenvalue weighted by Crippen LogP contribution is -1.88. The quantitative estimate of drug-likeness (QED) is 0.798. The van der Waals surface area contributed by atoms with Crippen molar-refractivity contribution in [2.75, 3.05) is 7.11 Å². The lowest BCUT2D eigenvalue weighted by molar-refractivity contribution is 0.414. The van der Waals surface area contributed by atoms with E-state index in [0.29, 0.717) is 22.7 Å². The molecule has 0 fully saturated rings. The second-order valence-corrected chi connectivity index (χ2v) is 3.26. The molecule has 0 aliphatic carbocycles. The van der Waals surface area contributed by atoms with Crippen molar-refractivity contribution in [3.63, 3.8) is 0 Å². The Morgan fingerprint density at radius 3 is 2.81 bits per heavy atom. The van der Waals surface area contributed by atoms with E-state index in [2.05, 4.69) is 14.7 Å². The van der Waals surface area contributed by atoms with Crippen molar-refractivity contribution in [2.24, 2.45) is 0 Å². The first kappa shape index (κ1) is 10.5. The van der Waals surface area contributed by atoms with Crippen LogP contribution in [0.25, 0.3) is 11.4 Å². The molecule has 0 aliphatic rings. The van der Waals surface area contributed by atoms with E-state index in [-0.39, 0.29) is 5.35 Å². The van der Waals surface area contributed by atoms with Crippen molar-refractivity contribution in [1.29, 1.82) is 5.26 Å². The first-order chi connectivity index (χ1) is 7.72. The van der Waals surface area contributed by atoms with Gasteiger partial charge in [0.05, 0.1) is 18.7 Å². The maximum Gasteiger partial charge on any atom is 0.320 e. The molecule has 0 aliphatic heterocycles. The van der Waals surface area contributed by atoms with Gasteiger partial charge in [-0.3, -0.25) is 0 Å². The van der Waals surface area contributed by atoms with Gasteiger partial charge in [-0.2, -0.15) is 10.2 Å². The number of ether oxygens (including phenoxy) is 1. The normalized spacial score (nSPS) is 9.81. The smallest absolute Gasteiger partial charge is 0.320 e. The van der Waals surface area contributed by atoms with Crippen LogP contribution in [-0.4, -0.2) is 17.3 Å². The van der Waals surface area contributed by atoms with Crippen LogP contribution in [0.3, 0.4) is 0 Å². The average molecular weight is 236 g/mol. The van der Waals surface area contributed by atoms with Gasteiger partial charge in [-0.15, -0.1) is 0 Å². The van der Waals surface area contributed by atoms with Gasteiger partial charge in [0.25, 0.3) is 0 Å². The second kappa shape index (κ2) is 4.21. The van der Waals surface area contributed by atoms with Gasteiger partial charge in [-0.1, -0.05) is 5.16 Å².